The van der Waals surface area contributed by atoms with Crippen molar-refractivity contribution in [1.82, 2.24) is 11.1 Å². The topological polar surface area (TPSA) is 170 Å². The number of hydrogen-bond donors (Lipinski definition) is 5. The van der Waals surface area contributed by atoms with Gasteiger partial charge in [0, 0.05) is 23.6 Å². The summed E-state index contributed by atoms with van der Waals surface area (Å²) >= 11 is 3.42. The number of carbonyl (C=O) groups excluding carboxylic acids is 1. The SMILES string of the molecule is CC(C)C.CC(C)C.CN1Cc2c(Br)cccc2C1=O.N.O=C(O)O.O=C(O)O. The summed E-state index contributed by atoms with van der Waals surface area (Å²) in [7, 11) is 1.81. The van der Waals surface area contributed by atoms with Gasteiger partial charge in [0.2, 0.25) is 0 Å². The van der Waals surface area contributed by atoms with E-state index in [1.165, 1.54) is 0 Å². The van der Waals surface area contributed by atoms with Gasteiger partial charge in [0.25, 0.3) is 5.91 Å². The van der Waals surface area contributed by atoms with Crippen molar-refractivity contribution in [3.8, 4) is 0 Å². The van der Waals surface area contributed by atoms with Crippen LogP contribution in [0.3, 0.4) is 0 Å². The maximum Gasteiger partial charge on any atom is 0.503 e. The number of halogens is 1. The summed E-state index contributed by atoms with van der Waals surface area (Å²) in [5.41, 5.74) is 1.93. The monoisotopic (exact) mass is 482 g/mol. The van der Waals surface area contributed by atoms with Crippen LogP contribution in [0.1, 0.15) is 57.5 Å². The van der Waals surface area contributed by atoms with Gasteiger partial charge in [-0.1, -0.05) is 63.5 Å². The molecule has 0 saturated heterocycles. The summed E-state index contributed by atoms with van der Waals surface area (Å²) in [5, 5.41) is 27.9. The van der Waals surface area contributed by atoms with Gasteiger partial charge in [-0.3, -0.25) is 4.79 Å². The van der Waals surface area contributed by atoms with Crippen molar-refractivity contribution in [2.75, 3.05) is 7.05 Å². The minimum absolute atomic E-state index is 0. The molecule has 0 radical (unpaired) electrons. The molecular formula is C19H35BrN2O7. The molecule has 1 aromatic carbocycles. The van der Waals surface area contributed by atoms with E-state index in [1.807, 2.05) is 25.2 Å². The van der Waals surface area contributed by atoms with E-state index in [-0.39, 0.29) is 12.1 Å². The third kappa shape index (κ3) is 25.7. The fraction of sp³-hybridized carbons (Fsp3) is 0.526. The van der Waals surface area contributed by atoms with Gasteiger partial charge in [-0.2, -0.15) is 0 Å². The first-order valence-electron chi connectivity index (χ1n) is 8.49. The van der Waals surface area contributed by atoms with E-state index in [0.717, 1.165) is 34.0 Å². The van der Waals surface area contributed by atoms with E-state index in [4.69, 9.17) is 30.0 Å². The Balaban J connectivity index is -0.000000156. The van der Waals surface area contributed by atoms with Crippen LogP contribution in [0.4, 0.5) is 9.59 Å². The van der Waals surface area contributed by atoms with Crippen molar-refractivity contribution in [2.24, 2.45) is 11.8 Å². The molecule has 10 heteroatoms. The molecule has 1 heterocycles. The van der Waals surface area contributed by atoms with E-state index in [0.29, 0.717) is 0 Å². The third-order valence-electron chi connectivity index (χ3n) is 2.09. The van der Waals surface area contributed by atoms with E-state index < -0.39 is 12.3 Å². The van der Waals surface area contributed by atoms with Crippen molar-refractivity contribution in [3.05, 3.63) is 33.8 Å². The highest BCUT2D eigenvalue weighted by molar-refractivity contribution is 9.10. The highest BCUT2D eigenvalue weighted by Crippen LogP contribution is 2.27. The van der Waals surface area contributed by atoms with Crippen molar-refractivity contribution in [1.29, 1.82) is 0 Å². The Morgan fingerprint density at radius 3 is 1.52 bits per heavy atom. The molecule has 0 unspecified atom stereocenters. The Morgan fingerprint density at radius 1 is 0.931 bits per heavy atom. The minimum atomic E-state index is -1.83. The molecule has 9 nitrogen and oxygen atoms in total. The van der Waals surface area contributed by atoms with Crippen LogP contribution in [-0.4, -0.2) is 50.6 Å². The minimum Gasteiger partial charge on any atom is -0.450 e. The molecule has 170 valence electrons. The predicted molar refractivity (Wildman–Crippen MR) is 117 cm³/mol. The van der Waals surface area contributed by atoms with E-state index >= 15 is 0 Å². The summed E-state index contributed by atoms with van der Waals surface area (Å²) in [6, 6.07) is 5.72. The Morgan fingerprint density at radius 2 is 1.24 bits per heavy atom. The van der Waals surface area contributed by atoms with E-state index in [1.54, 1.807) is 4.90 Å². The van der Waals surface area contributed by atoms with Crippen LogP contribution < -0.4 is 6.15 Å². The zero-order valence-corrected chi connectivity index (χ0v) is 19.7. The first-order chi connectivity index (χ1) is 12.6. The largest absolute Gasteiger partial charge is 0.503 e. The van der Waals surface area contributed by atoms with Crippen molar-refractivity contribution in [2.45, 2.75) is 48.1 Å². The van der Waals surface area contributed by atoms with Gasteiger partial charge in [0.05, 0.1) is 0 Å². The maximum atomic E-state index is 11.5. The lowest BCUT2D eigenvalue weighted by Gasteiger charge is -2.04. The number of carbonyl (C=O) groups is 3. The smallest absolute Gasteiger partial charge is 0.450 e. The fourth-order valence-electron chi connectivity index (χ4n) is 1.43. The molecule has 0 aliphatic carbocycles. The van der Waals surface area contributed by atoms with Gasteiger partial charge in [-0.25, -0.2) is 9.59 Å². The third-order valence-corrected chi connectivity index (χ3v) is 2.83. The summed E-state index contributed by atoms with van der Waals surface area (Å²) in [6.07, 6.45) is -3.67. The first kappa shape index (κ1) is 34.2. The number of nitrogens with zero attached hydrogens (tertiary/aromatic N) is 1. The zero-order chi connectivity index (χ0) is 23.0. The fourth-order valence-corrected chi connectivity index (χ4v) is 1.93. The number of hydrogen-bond acceptors (Lipinski definition) is 4. The van der Waals surface area contributed by atoms with Crippen LogP contribution in [0, 0.1) is 11.8 Å². The molecule has 1 amide bonds. The second kappa shape index (κ2) is 19.0. The summed E-state index contributed by atoms with van der Waals surface area (Å²) < 4.78 is 1.03. The Hall–Kier alpha value is -2.33. The first-order valence-corrected chi connectivity index (χ1v) is 9.29. The van der Waals surface area contributed by atoms with Crippen LogP contribution in [0.25, 0.3) is 0 Å². The normalized spacial score (nSPS) is 10.4. The Bertz CT molecular complexity index is 577. The molecule has 0 atom stereocenters. The lowest BCUT2D eigenvalue weighted by Crippen LogP contribution is -2.17. The van der Waals surface area contributed by atoms with Gasteiger partial charge in [0.15, 0.2) is 0 Å². The second-order valence-corrected chi connectivity index (χ2v) is 7.81. The Kier molecular flexibility index (Phi) is 22.4. The highest BCUT2D eigenvalue weighted by Gasteiger charge is 2.25. The van der Waals surface area contributed by atoms with Crippen LogP contribution in [0.2, 0.25) is 0 Å². The van der Waals surface area contributed by atoms with Gasteiger partial charge >= 0.3 is 12.3 Å². The molecule has 7 N–H and O–H groups in total. The van der Waals surface area contributed by atoms with E-state index in [2.05, 4.69) is 57.5 Å². The van der Waals surface area contributed by atoms with Gasteiger partial charge in [-0.05, 0) is 29.5 Å². The lowest BCUT2D eigenvalue weighted by atomic mass is 10.1. The Labute approximate surface area is 181 Å². The highest BCUT2D eigenvalue weighted by atomic mass is 79.9. The second-order valence-electron chi connectivity index (χ2n) is 6.96. The molecule has 0 spiro atoms. The zero-order valence-electron chi connectivity index (χ0n) is 18.1. The molecule has 0 fully saturated rings. The van der Waals surface area contributed by atoms with Gasteiger partial charge in [-0.15, -0.1) is 0 Å². The average molecular weight is 483 g/mol. The standard InChI is InChI=1S/C9H8BrNO.2C4H10.2CH2O3.H3N/c1-11-5-7-6(9(11)12)3-2-4-8(7)10;2*1-4(2)3;2*2-1(3)4;/h2-4H,5H2,1H3;2*4H,1-3H3;2*(H2,2,3,4);1H3. The quantitative estimate of drug-likeness (QED) is 0.300. The molecule has 2 rings (SSSR count). The molecule has 1 aliphatic heterocycles. The molecule has 0 bridgehead atoms. The summed E-state index contributed by atoms with van der Waals surface area (Å²) in [5.74, 6) is 1.78. The molecular weight excluding hydrogens is 448 g/mol. The average Bonchev–Trinajstić information content (AvgIpc) is 2.74. The number of fused-ring (bicyclic) bond motifs is 1. The molecule has 0 aromatic heterocycles. The van der Waals surface area contributed by atoms with E-state index in [9.17, 15) is 4.79 Å². The van der Waals surface area contributed by atoms with Gasteiger partial charge in [0.1, 0.15) is 0 Å². The van der Waals surface area contributed by atoms with Crippen molar-refractivity contribution >= 4 is 34.1 Å². The number of carboxylic acid groups (broad SMARTS) is 4. The van der Waals surface area contributed by atoms with Crippen LogP contribution in [0.5, 0.6) is 0 Å². The lowest BCUT2D eigenvalue weighted by molar-refractivity contribution is 0.0816. The summed E-state index contributed by atoms with van der Waals surface area (Å²) in [4.78, 5) is 30.3. The van der Waals surface area contributed by atoms with Crippen molar-refractivity contribution < 1.29 is 34.8 Å². The maximum absolute atomic E-state index is 11.5. The van der Waals surface area contributed by atoms with Gasteiger partial charge < -0.3 is 31.5 Å². The molecule has 0 saturated carbocycles. The van der Waals surface area contributed by atoms with Crippen LogP contribution in [-0.2, 0) is 6.54 Å². The van der Waals surface area contributed by atoms with Crippen LogP contribution in [0.15, 0.2) is 22.7 Å². The number of amides is 1. The van der Waals surface area contributed by atoms with Crippen molar-refractivity contribution in [3.63, 3.8) is 0 Å². The molecule has 29 heavy (non-hydrogen) atoms. The van der Waals surface area contributed by atoms with Crippen LogP contribution >= 0.6 is 15.9 Å². The molecule has 1 aliphatic rings. The predicted octanol–water partition coefficient (Wildman–Crippen LogP) is 5.97. The summed E-state index contributed by atoms with van der Waals surface area (Å²) in [6.45, 7) is 13.7. The number of rotatable bonds is 0. The number of benzene rings is 1. The molecule has 1 aromatic rings.